The molecule has 0 spiro atoms. The van der Waals surface area contributed by atoms with Crippen LogP contribution < -0.4 is 0 Å². The maximum atomic E-state index is 12.0. The Morgan fingerprint density at radius 1 is 1.00 bits per heavy atom. The van der Waals surface area contributed by atoms with Crippen LogP contribution >= 0.6 is 0 Å². The molecule has 0 amide bonds. The van der Waals surface area contributed by atoms with Crippen LogP contribution in [-0.4, -0.2) is 0 Å². The summed E-state index contributed by atoms with van der Waals surface area (Å²) in [6.45, 7) is 0. The van der Waals surface area contributed by atoms with Crippen molar-refractivity contribution in [3.63, 3.8) is 0 Å². The first-order valence-corrected chi connectivity index (χ1v) is 3.26. The number of alkyl halides is 3. The third-order valence-electron chi connectivity index (χ3n) is 1.79. The maximum Gasteiger partial charge on any atom is 0.416 e. The van der Waals surface area contributed by atoms with Crippen LogP contribution in [0.4, 0.5) is 13.2 Å². The van der Waals surface area contributed by atoms with E-state index in [0.29, 0.717) is 6.42 Å². The molecule has 0 nitrogen and oxygen atoms in total. The molecule has 0 aromatic heterocycles. The molecule has 2 bridgehead atoms. The minimum absolute atomic E-state index is 0.517. The van der Waals surface area contributed by atoms with E-state index in [1.54, 1.807) is 6.07 Å². The van der Waals surface area contributed by atoms with E-state index in [1.165, 1.54) is 12.1 Å². The van der Waals surface area contributed by atoms with Gasteiger partial charge in [-0.05, 0) is 29.7 Å². The Morgan fingerprint density at radius 2 is 1.45 bits per heavy atom. The molecule has 0 saturated carbocycles. The van der Waals surface area contributed by atoms with Gasteiger partial charge >= 0.3 is 6.18 Å². The Bertz CT molecular complexity index is 278. The smallest absolute Gasteiger partial charge is 0.166 e. The second-order valence-corrected chi connectivity index (χ2v) is 2.71. The highest BCUT2D eigenvalue weighted by Crippen LogP contribution is 2.34. The fourth-order valence-electron chi connectivity index (χ4n) is 1.23. The monoisotopic (exact) mass is 158 g/mol. The Labute approximate surface area is 61.7 Å². The fourth-order valence-corrected chi connectivity index (χ4v) is 1.23. The van der Waals surface area contributed by atoms with Gasteiger partial charge in [0.2, 0.25) is 0 Å². The Morgan fingerprint density at radius 3 is 1.73 bits per heavy atom. The van der Waals surface area contributed by atoms with Crippen molar-refractivity contribution in [3.8, 4) is 0 Å². The predicted molar refractivity (Wildman–Crippen MR) is 34.3 cm³/mol. The molecule has 0 N–H and O–H groups in total. The molecule has 3 heteroatoms. The van der Waals surface area contributed by atoms with Gasteiger partial charge in [0.25, 0.3) is 0 Å². The van der Waals surface area contributed by atoms with E-state index in [-0.39, 0.29) is 0 Å². The van der Waals surface area contributed by atoms with Crippen molar-refractivity contribution in [2.75, 3.05) is 0 Å². The van der Waals surface area contributed by atoms with Crippen LogP contribution in [0.1, 0.15) is 16.7 Å². The van der Waals surface area contributed by atoms with Gasteiger partial charge in [-0.2, -0.15) is 13.2 Å². The van der Waals surface area contributed by atoms with Crippen LogP contribution in [0, 0.1) is 0 Å². The number of benzene rings is 1. The molecule has 0 saturated heterocycles. The van der Waals surface area contributed by atoms with E-state index >= 15 is 0 Å². The van der Waals surface area contributed by atoms with Gasteiger partial charge in [0.15, 0.2) is 0 Å². The van der Waals surface area contributed by atoms with E-state index in [1.807, 2.05) is 0 Å². The van der Waals surface area contributed by atoms with E-state index < -0.39 is 11.7 Å². The predicted octanol–water partition coefficient (Wildman–Crippen LogP) is 2.61. The van der Waals surface area contributed by atoms with Crippen LogP contribution in [0.25, 0.3) is 0 Å². The van der Waals surface area contributed by atoms with Gasteiger partial charge in [0.1, 0.15) is 0 Å². The minimum Gasteiger partial charge on any atom is -0.166 e. The summed E-state index contributed by atoms with van der Waals surface area (Å²) in [5, 5.41) is 0. The van der Waals surface area contributed by atoms with Gasteiger partial charge in [0.05, 0.1) is 5.56 Å². The van der Waals surface area contributed by atoms with Crippen molar-refractivity contribution in [1.82, 2.24) is 0 Å². The van der Waals surface area contributed by atoms with E-state index in [2.05, 4.69) is 0 Å². The number of hydrogen-bond donors (Lipinski definition) is 0. The highest BCUT2D eigenvalue weighted by Gasteiger charge is 2.32. The summed E-state index contributed by atoms with van der Waals surface area (Å²) in [4.78, 5) is 0. The van der Waals surface area contributed by atoms with Crippen molar-refractivity contribution in [2.45, 2.75) is 12.6 Å². The number of fused-ring (bicyclic) bond motifs is 2. The standard InChI is InChI=1S/C8H5F3/c9-8(10,11)7-3-5-1-6(2-5)4-7/h1,3-4H,2H2. The normalized spacial score (nSPS) is 14.5. The van der Waals surface area contributed by atoms with Gasteiger partial charge in [-0.15, -0.1) is 0 Å². The van der Waals surface area contributed by atoms with E-state index in [0.717, 1.165) is 11.1 Å². The Kier molecular flexibility index (Phi) is 1.09. The van der Waals surface area contributed by atoms with E-state index in [4.69, 9.17) is 0 Å². The Balaban J connectivity index is 2.44. The lowest BCUT2D eigenvalue weighted by atomic mass is 9.90. The molecule has 0 aliphatic heterocycles. The van der Waals surface area contributed by atoms with Gasteiger partial charge < -0.3 is 0 Å². The number of halogens is 3. The molecule has 1 aromatic rings. The average Bonchev–Trinajstić information content (AvgIpc) is 1.84. The quantitative estimate of drug-likeness (QED) is 0.552. The third kappa shape index (κ3) is 1.00. The van der Waals surface area contributed by atoms with Crippen LogP contribution in [0.5, 0.6) is 0 Å². The summed E-state index contributed by atoms with van der Waals surface area (Å²) in [6.07, 6.45) is -3.47. The van der Waals surface area contributed by atoms with Crippen molar-refractivity contribution >= 4 is 0 Å². The summed E-state index contributed by atoms with van der Waals surface area (Å²) < 4.78 is 36.0. The second kappa shape index (κ2) is 1.78. The molecule has 2 aliphatic rings. The third-order valence-corrected chi connectivity index (χ3v) is 1.79. The first kappa shape index (κ1) is 6.70. The Hall–Kier alpha value is -0.990. The van der Waals surface area contributed by atoms with Gasteiger partial charge in [-0.3, -0.25) is 0 Å². The first-order valence-electron chi connectivity index (χ1n) is 3.26. The molecular weight excluding hydrogens is 153 g/mol. The lowest BCUT2D eigenvalue weighted by Gasteiger charge is -2.18. The van der Waals surface area contributed by atoms with E-state index in [9.17, 15) is 13.2 Å². The molecule has 0 fully saturated rings. The molecule has 0 atom stereocenters. The summed E-state index contributed by atoms with van der Waals surface area (Å²) >= 11 is 0. The minimum atomic E-state index is -4.18. The summed E-state index contributed by atoms with van der Waals surface area (Å²) in [5.74, 6) is 0. The van der Waals surface area contributed by atoms with Crippen molar-refractivity contribution < 1.29 is 13.2 Å². The van der Waals surface area contributed by atoms with Crippen LogP contribution in [0.2, 0.25) is 0 Å². The fraction of sp³-hybridized carbons (Fsp3) is 0.250. The lowest BCUT2D eigenvalue weighted by Crippen LogP contribution is -2.11. The second-order valence-electron chi connectivity index (χ2n) is 2.71. The summed E-state index contributed by atoms with van der Waals surface area (Å²) in [6, 6.07) is 4.18. The first-order chi connectivity index (χ1) is 5.05. The summed E-state index contributed by atoms with van der Waals surface area (Å²) in [5.41, 5.74) is 1.06. The topological polar surface area (TPSA) is 0 Å². The van der Waals surface area contributed by atoms with Gasteiger partial charge in [0, 0.05) is 0 Å². The SMILES string of the molecule is FC(F)(F)c1cc2cc(c1)C2. The van der Waals surface area contributed by atoms with Crippen LogP contribution in [0.15, 0.2) is 18.2 Å². The molecule has 0 unspecified atom stereocenters. The number of hydrogen-bond acceptors (Lipinski definition) is 0. The molecule has 3 rings (SSSR count). The van der Waals surface area contributed by atoms with Crippen LogP contribution in [-0.2, 0) is 12.6 Å². The molecule has 0 radical (unpaired) electrons. The molecular formula is C8H5F3. The lowest BCUT2D eigenvalue weighted by molar-refractivity contribution is -0.137. The molecule has 1 aromatic carbocycles. The van der Waals surface area contributed by atoms with Crippen molar-refractivity contribution in [2.24, 2.45) is 0 Å². The largest absolute Gasteiger partial charge is 0.416 e. The van der Waals surface area contributed by atoms with Gasteiger partial charge in [-0.25, -0.2) is 0 Å². The zero-order valence-corrected chi connectivity index (χ0v) is 5.57. The maximum absolute atomic E-state index is 12.0. The van der Waals surface area contributed by atoms with Crippen molar-refractivity contribution in [1.29, 1.82) is 0 Å². The molecule has 58 valence electrons. The molecule has 11 heavy (non-hydrogen) atoms. The van der Waals surface area contributed by atoms with Crippen LogP contribution in [0.3, 0.4) is 0 Å². The average molecular weight is 158 g/mol. The highest BCUT2D eigenvalue weighted by atomic mass is 19.4. The highest BCUT2D eigenvalue weighted by molar-refractivity contribution is 5.42. The zero-order valence-electron chi connectivity index (χ0n) is 5.57. The van der Waals surface area contributed by atoms with Crippen molar-refractivity contribution in [3.05, 3.63) is 34.9 Å². The molecule has 2 aliphatic carbocycles. The van der Waals surface area contributed by atoms with Gasteiger partial charge in [-0.1, -0.05) is 6.07 Å². The zero-order chi connectivity index (χ0) is 8.06. The number of rotatable bonds is 0. The molecule has 0 heterocycles. The summed E-state index contributed by atoms with van der Waals surface area (Å²) in [7, 11) is 0.